The maximum Gasteiger partial charge on any atom is 0.224 e. The molecule has 0 saturated carbocycles. The first-order valence-electron chi connectivity index (χ1n) is 8.65. The number of imidazole rings is 1. The molecular weight excluding hydrogens is 312 g/mol. The molecular formula is C20H24N4O. The summed E-state index contributed by atoms with van der Waals surface area (Å²) in [7, 11) is 0. The predicted molar refractivity (Wildman–Crippen MR) is 99.9 cm³/mol. The van der Waals surface area contributed by atoms with Crippen LogP contribution < -0.4 is 11.1 Å². The lowest BCUT2D eigenvalue weighted by Crippen LogP contribution is -2.36. The van der Waals surface area contributed by atoms with Gasteiger partial charge in [-0.05, 0) is 24.1 Å². The van der Waals surface area contributed by atoms with E-state index in [1.54, 1.807) is 0 Å². The van der Waals surface area contributed by atoms with E-state index in [1.807, 2.05) is 61.8 Å². The fraction of sp³-hybridized carbons (Fsp3) is 0.300. The highest BCUT2D eigenvalue weighted by molar-refractivity contribution is 5.79. The van der Waals surface area contributed by atoms with Crippen LogP contribution in [0.25, 0.3) is 11.0 Å². The number of amides is 1. The number of carbonyl (C=O) groups is 1. The summed E-state index contributed by atoms with van der Waals surface area (Å²) in [5, 5.41) is 2.99. The number of nitrogens with one attached hydrogen (secondary N) is 1. The second kappa shape index (κ2) is 7.94. The van der Waals surface area contributed by atoms with Crippen LogP contribution in [-0.4, -0.2) is 22.0 Å². The number of hydrogen-bond acceptors (Lipinski definition) is 3. The van der Waals surface area contributed by atoms with Crippen LogP contribution in [0.5, 0.6) is 0 Å². The molecule has 1 heterocycles. The summed E-state index contributed by atoms with van der Waals surface area (Å²) in [6.07, 6.45) is 2.69. The summed E-state index contributed by atoms with van der Waals surface area (Å²) in [5.41, 5.74) is 9.30. The number of carbonyl (C=O) groups excluding carboxylic acids is 1. The average Bonchev–Trinajstić information content (AvgIpc) is 3.07. The van der Waals surface area contributed by atoms with Crippen LogP contribution in [0.4, 0.5) is 0 Å². The van der Waals surface area contributed by atoms with Crippen molar-refractivity contribution < 1.29 is 4.79 Å². The third-order valence-corrected chi connectivity index (χ3v) is 4.54. The molecule has 1 amide bonds. The van der Waals surface area contributed by atoms with Gasteiger partial charge in [-0.3, -0.25) is 4.79 Å². The number of fused-ring (bicyclic) bond motifs is 1. The fourth-order valence-corrected chi connectivity index (χ4v) is 2.94. The minimum absolute atomic E-state index is 0.00755. The first kappa shape index (κ1) is 17.2. The molecule has 0 aliphatic rings. The van der Waals surface area contributed by atoms with Gasteiger partial charge in [-0.1, -0.05) is 49.4 Å². The molecule has 1 aromatic heterocycles. The molecule has 5 nitrogen and oxygen atoms in total. The molecule has 5 heteroatoms. The van der Waals surface area contributed by atoms with Gasteiger partial charge in [0.15, 0.2) is 0 Å². The van der Waals surface area contributed by atoms with Crippen LogP contribution >= 0.6 is 0 Å². The van der Waals surface area contributed by atoms with Crippen LogP contribution in [0.1, 0.15) is 24.9 Å². The van der Waals surface area contributed by atoms with Crippen LogP contribution in [0, 0.1) is 5.92 Å². The van der Waals surface area contributed by atoms with Gasteiger partial charge in [-0.25, -0.2) is 4.98 Å². The minimum atomic E-state index is -0.293. The van der Waals surface area contributed by atoms with Crippen LogP contribution in [-0.2, 0) is 11.3 Å². The third kappa shape index (κ3) is 4.06. The molecule has 3 N–H and O–H groups in total. The van der Waals surface area contributed by atoms with E-state index >= 15 is 0 Å². The normalized spacial score (nSPS) is 13.5. The molecule has 2 aromatic carbocycles. The third-order valence-electron chi connectivity index (χ3n) is 4.54. The number of nitrogens with two attached hydrogens (primary N) is 1. The molecule has 25 heavy (non-hydrogen) atoms. The highest BCUT2D eigenvalue weighted by Crippen LogP contribution is 2.19. The van der Waals surface area contributed by atoms with Gasteiger partial charge in [0, 0.05) is 19.1 Å². The Morgan fingerprint density at radius 3 is 2.68 bits per heavy atom. The number of nitrogens with zero attached hydrogens (tertiary/aromatic N) is 2. The molecule has 2 atom stereocenters. The van der Waals surface area contributed by atoms with E-state index in [1.165, 1.54) is 0 Å². The lowest BCUT2D eigenvalue weighted by Gasteiger charge is -2.19. The zero-order valence-electron chi connectivity index (χ0n) is 14.4. The van der Waals surface area contributed by atoms with Crippen molar-refractivity contribution in [1.82, 2.24) is 14.9 Å². The first-order valence-corrected chi connectivity index (χ1v) is 8.65. The van der Waals surface area contributed by atoms with Crippen LogP contribution in [0.3, 0.4) is 0 Å². The molecule has 0 bridgehead atoms. The van der Waals surface area contributed by atoms with E-state index in [-0.39, 0.29) is 17.9 Å². The van der Waals surface area contributed by atoms with Crippen molar-refractivity contribution in [3.05, 3.63) is 66.5 Å². The molecule has 130 valence electrons. The van der Waals surface area contributed by atoms with Gasteiger partial charge >= 0.3 is 0 Å². The first-order chi connectivity index (χ1) is 12.2. The molecule has 0 radical (unpaired) electrons. The quantitative estimate of drug-likeness (QED) is 0.652. The molecule has 0 aliphatic carbocycles. The summed E-state index contributed by atoms with van der Waals surface area (Å²) in [4.78, 5) is 16.7. The summed E-state index contributed by atoms with van der Waals surface area (Å²) in [6.45, 7) is 3.31. The van der Waals surface area contributed by atoms with E-state index in [9.17, 15) is 4.79 Å². The maximum atomic E-state index is 12.3. The SMILES string of the molecule is CC(C(=O)NCCCn1cnc2ccccc21)C(N)c1ccccc1. The smallest absolute Gasteiger partial charge is 0.224 e. The minimum Gasteiger partial charge on any atom is -0.356 e. The fourth-order valence-electron chi connectivity index (χ4n) is 2.94. The Labute approximate surface area is 147 Å². The average molecular weight is 336 g/mol. The summed E-state index contributed by atoms with van der Waals surface area (Å²) < 4.78 is 2.11. The highest BCUT2D eigenvalue weighted by atomic mass is 16.1. The van der Waals surface area contributed by atoms with E-state index in [0.717, 1.165) is 29.6 Å². The van der Waals surface area contributed by atoms with Gasteiger partial charge in [0.05, 0.1) is 23.3 Å². The summed E-state index contributed by atoms with van der Waals surface area (Å²) >= 11 is 0. The Bertz CT molecular complexity index is 828. The number of aryl methyl sites for hydroxylation is 1. The van der Waals surface area contributed by atoms with Crippen molar-refractivity contribution in [2.75, 3.05) is 6.54 Å². The Kier molecular flexibility index (Phi) is 5.46. The van der Waals surface area contributed by atoms with Crippen LogP contribution in [0.2, 0.25) is 0 Å². The number of para-hydroxylation sites is 2. The topological polar surface area (TPSA) is 72.9 Å². The molecule has 0 saturated heterocycles. The van der Waals surface area contributed by atoms with E-state index < -0.39 is 0 Å². The Morgan fingerprint density at radius 1 is 1.16 bits per heavy atom. The summed E-state index contributed by atoms with van der Waals surface area (Å²) in [5.74, 6) is -0.275. The highest BCUT2D eigenvalue weighted by Gasteiger charge is 2.21. The van der Waals surface area contributed by atoms with Crippen molar-refractivity contribution in [1.29, 1.82) is 0 Å². The van der Waals surface area contributed by atoms with Gasteiger partial charge < -0.3 is 15.6 Å². The van der Waals surface area contributed by atoms with Gasteiger partial charge in [0.25, 0.3) is 0 Å². The van der Waals surface area contributed by atoms with Crippen molar-refractivity contribution in [3.63, 3.8) is 0 Å². The second-order valence-electron chi connectivity index (χ2n) is 6.30. The monoisotopic (exact) mass is 336 g/mol. The lowest BCUT2D eigenvalue weighted by atomic mass is 9.95. The lowest BCUT2D eigenvalue weighted by molar-refractivity contribution is -0.125. The number of aromatic nitrogens is 2. The van der Waals surface area contributed by atoms with Crippen LogP contribution in [0.15, 0.2) is 60.9 Å². The Balaban J connectivity index is 1.47. The molecule has 2 unspecified atom stereocenters. The maximum absolute atomic E-state index is 12.3. The molecule has 0 fully saturated rings. The molecule has 3 aromatic rings. The second-order valence-corrected chi connectivity index (χ2v) is 6.30. The van der Waals surface area contributed by atoms with Gasteiger partial charge in [0.1, 0.15) is 0 Å². The van der Waals surface area contributed by atoms with E-state index in [4.69, 9.17) is 5.73 Å². The van der Waals surface area contributed by atoms with Crippen molar-refractivity contribution >= 4 is 16.9 Å². The van der Waals surface area contributed by atoms with Gasteiger partial charge in [0.2, 0.25) is 5.91 Å². The molecule has 3 rings (SSSR count). The standard InChI is InChI=1S/C20H24N4O/c1-15(19(21)16-8-3-2-4-9-16)20(25)22-12-7-13-24-14-23-17-10-5-6-11-18(17)24/h2-6,8-11,14-15,19H,7,12-13,21H2,1H3,(H,22,25). The summed E-state index contributed by atoms with van der Waals surface area (Å²) in [6, 6.07) is 17.5. The Morgan fingerprint density at radius 2 is 1.88 bits per heavy atom. The van der Waals surface area contributed by atoms with Gasteiger partial charge in [-0.15, -0.1) is 0 Å². The number of hydrogen-bond donors (Lipinski definition) is 2. The Hall–Kier alpha value is -2.66. The van der Waals surface area contributed by atoms with E-state index in [2.05, 4.69) is 20.9 Å². The molecule has 0 aliphatic heterocycles. The largest absolute Gasteiger partial charge is 0.356 e. The zero-order chi connectivity index (χ0) is 17.6. The number of benzene rings is 2. The van der Waals surface area contributed by atoms with Crippen molar-refractivity contribution in [2.24, 2.45) is 11.7 Å². The van der Waals surface area contributed by atoms with Gasteiger partial charge in [-0.2, -0.15) is 0 Å². The van der Waals surface area contributed by atoms with E-state index in [0.29, 0.717) is 6.54 Å². The molecule has 0 spiro atoms. The number of rotatable bonds is 7. The zero-order valence-corrected chi connectivity index (χ0v) is 14.4. The van der Waals surface area contributed by atoms with Crippen molar-refractivity contribution in [2.45, 2.75) is 25.9 Å². The predicted octanol–water partition coefficient (Wildman–Crippen LogP) is 2.88. The van der Waals surface area contributed by atoms with Crippen molar-refractivity contribution in [3.8, 4) is 0 Å².